The lowest BCUT2D eigenvalue weighted by Gasteiger charge is -2.11. The minimum Gasteiger partial charge on any atom is -0.492 e. The fraction of sp³-hybridized carbons (Fsp3) is 0.222. The van der Waals surface area contributed by atoms with Crippen LogP contribution in [0.1, 0.15) is 10.4 Å². The van der Waals surface area contributed by atoms with Gasteiger partial charge in [-0.2, -0.15) is 0 Å². The third kappa shape index (κ3) is 1.72. The van der Waals surface area contributed by atoms with Crippen molar-refractivity contribution in [3.8, 4) is 11.5 Å². The van der Waals surface area contributed by atoms with Crippen molar-refractivity contribution in [2.24, 2.45) is 0 Å². The van der Waals surface area contributed by atoms with Gasteiger partial charge in [-0.1, -0.05) is 0 Å². The number of ether oxygens (including phenoxy) is 2. The summed E-state index contributed by atoms with van der Waals surface area (Å²) in [7, 11) is 2.65. The second-order valence-corrected chi connectivity index (χ2v) is 3.29. The Bertz CT molecular complexity index is 366. The van der Waals surface area contributed by atoms with Gasteiger partial charge < -0.3 is 9.47 Å². The molecule has 0 aliphatic heterocycles. The van der Waals surface area contributed by atoms with Crippen molar-refractivity contribution in [1.82, 2.24) is 0 Å². The zero-order valence-electron chi connectivity index (χ0n) is 7.64. The second-order valence-electron chi connectivity index (χ2n) is 2.44. The largest absolute Gasteiger partial charge is 0.492 e. The summed E-state index contributed by atoms with van der Waals surface area (Å²) in [5.41, 5.74) is 0.228. The first kappa shape index (κ1) is 11.0. The predicted octanol–water partition coefficient (Wildman–Crippen LogP) is 2.42. The van der Waals surface area contributed by atoms with Gasteiger partial charge in [0.25, 0.3) is 0 Å². The van der Waals surface area contributed by atoms with E-state index in [1.807, 2.05) is 0 Å². The average molecular weight is 263 g/mol. The molecule has 14 heavy (non-hydrogen) atoms. The van der Waals surface area contributed by atoms with Crippen molar-refractivity contribution in [2.75, 3.05) is 14.2 Å². The number of methoxy groups -OCH3 is 2. The maximum Gasteiger partial charge on any atom is 0.197 e. The number of hydrogen-bond acceptors (Lipinski definition) is 3. The van der Waals surface area contributed by atoms with E-state index in [0.29, 0.717) is 10.8 Å². The summed E-state index contributed by atoms with van der Waals surface area (Å²) < 4.78 is 23.3. The molecule has 5 heteroatoms. The third-order valence-electron chi connectivity index (χ3n) is 1.70. The number of hydrogen-bond donors (Lipinski definition) is 0. The van der Waals surface area contributed by atoms with Crippen LogP contribution < -0.4 is 9.47 Å². The van der Waals surface area contributed by atoms with Crippen molar-refractivity contribution in [2.45, 2.75) is 0 Å². The van der Waals surface area contributed by atoms with E-state index in [4.69, 9.17) is 9.47 Å². The molecule has 0 aliphatic carbocycles. The standard InChI is InChI=1S/C9H8BrFO3/c1-13-8-5(4-12)6(10)3-7(11)9(8)14-2/h3-4H,1-2H3. The summed E-state index contributed by atoms with van der Waals surface area (Å²) in [4.78, 5) is 10.7. The highest BCUT2D eigenvalue weighted by Gasteiger charge is 2.18. The van der Waals surface area contributed by atoms with Gasteiger partial charge in [-0.15, -0.1) is 0 Å². The van der Waals surface area contributed by atoms with Crippen LogP contribution in [0.5, 0.6) is 11.5 Å². The monoisotopic (exact) mass is 262 g/mol. The highest BCUT2D eigenvalue weighted by molar-refractivity contribution is 9.10. The van der Waals surface area contributed by atoms with Crippen LogP contribution in [0.15, 0.2) is 10.5 Å². The Morgan fingerprint density at radius 2 is 1.93 bits per heavy atom. The van der Waals surface area contributed by atoms with Crippen LogP contribution >= 0.6 is 15.9 Å². The Morgan fingerprint density at radius 1 is 1.36 bits per heavy atom. The van der Waals surface area contributed by atoms with Crippen LogP contribution in [0, 0.1) is 5.82 Å². The minimum absolute atomic E-state index is 0.0715. The van der Waals surface area contributed by atoms with Crippen LogP contribution in [0.25, 0.3) is 0 Å². The maximum atomic E-state index is 13.3. The van der Waals surface area contributed by atoms with Crippen molar-refractivity contribution >= 4 is 22.2 Å². The molecule has 3 nitrogen and oxygen atoms in total. The SMILES string of the molecule is COc1c(F)cc(Br)c(C=O)c1OC. The Kier molecular flexibility index (Phi) is 3.46. The molecule has 1 aromatic rings. The van der Waals surface area contributed by atoms with Crippen molar-refractivity contribution in [3.05, 3.63) is 21.9 Å². The molecule has 0 atom stereocenters. The zero-order valence-corrected chi connectivity index (χ0v) is 9.22. The van der Waals surface area contributed by atoms with Gasteiger partial charge in [0.1, 0.15) is 0 Å². The lowest BCUT2D eigenvalue weighted by Crippen LogP contribution is -1.99. The van der Waals surface area contributed by atoms with Crippen molar-refractivity contribution < 1.29 is 18.7 Å². The quantitative estimate of drug-likeness (QED) is 0.785. The minimum atomic E-state index is -0.582. The molecule has 76 valence electrons. The number of benzene rings is 1. The Morgan fingerprint density at radius 3 is 2.36 bits per heavy atom. The molecule has 0 spiro atoms. The highest BCUT2D eigenvalue weighted by atomic mass is 79.9. The molecule has 0 N–H and O–H groups in total. The third-order valence-corrected chi connectivity index (χ3v) is 2.36. The van der Waals surface area contributed by atoms with E-state index in [2.05, 4.69) is 15.9 Å². The molecule has 0 bridgehead atoms. The molecule has 0 aliphatic rings. The van der Waals surface area contributed by atoms with Gasteiger partial charge in [0.15, 0.2) is 23.6 Å². The smallest absolute Gasteiger partial charge is 0.197 e. The van der Waals surface area contributed by atoms with E-state index in [1.54, 1.807) is 0 Å². The molecule has 1 rings (SSSR count). The van der Waals surface area contributed by atoms with Gasteiger partial charge in [0.05, 0.1) is 19.8 Å². The van der Waals surface area contributed by atoms with Gasteiger partial charge in [-0.05, 0) is 22.0 Å². The molecular formula is C9H8BrFO3. The van der Waals surface area contributed by atoms with Crippen LogP contribution in [-0.2, 0) is 0 Å². The zero-order chi connectivity index (χ0) is 10.7. The van der Waals surface area contributed by atoms with Gasteiger partial charge in [0, 0.05) is 4.47 Å². The van der Waals surface area contributed by atoms with E-state index in [-0.39, 0.29) is 17.1 Å². The summed E-state index contributed by atoms with van der Waals surface area (Å²) >= 11 is 3.06. The van der Waals surface area contributed by atoms with E-state index in [1.165, 1.54) is 14.2 Å². The molecule has 0 unspecified atom stereocenters. The molecule has 0 heterocycles. The fourth-order valence-electron chi connectivity index (χ4n) is 1.10. The average Bonchev–Trinajstić information content (AvgIpc) is 2.16. The van der Waals surface area contributed by atoms with Crippen LogP contribution in [0.2, 0.25) is 0 Å². The first-order chi connectivity index (χ1) is 6.65. The van der Waals surface area contributed by atoms with E-state index in [0.717, 1.165) is 6.07 Å². The molecular weight excluding hydrogens is 255 g/mol. The lowest BCUT2D eigenvalue weighted by molar-refractivity contribution is 0.111. The van der Waals surface area contributed by atoms with Gasteiger partial charge >= 0.3 is 0 Å². The maximum absolute atomic E-state index is 13.3. The molecule has 0 saturated carbocycles. The van der Waals surface area contributed by atoms with Gasteiger partial charge in [-0.3, -0.25) is 4.79 Å². The van der Waals surface area contributed by atoms with Crippen LogP contribution in [0.3, 0.4) is 0 Å². The summed E-state index contributed by atoms with van der Waals surface area (Å²) in [5, 5.41) is 0. The van der Waals surface area contributed by atoms with Crippen LogP contribution in [-0.4, -0.2) is 20.5 Å². The van der Waals surface area contributed by atoms with Crippen LogP contribution in [0.4, 0.5) is 4.39 Å². The van der Waals surface area contributed by atoms with Crippen molar-refractivity contribution in [3.63, 3.8) is 0 Å². The first-order valence-corrected chi connectivity index (χ1v) is 4.50. The highest BCUT2D eigenvalue weighted by Crippen LogP contribution is 2.37. The summed E-state index contributed by atoms with van der Waals surface area (Å²) in [6.45, 7) is 0. The van der Waals surface area contributed by atoms with Gasteiger partial charge in [0.2, 0.25) is 0 Å². The Labute approximate surface area is 88.9 Å². The van der Waals surface area contributed by atoms with E-state index in [9.17, 15) is 9.18 Å². The number of aldehydes is 1. The number of carbonyl (C=O) groups excluding carboxylic acids is 1. The Hall–Kier alpha value is -1.10. The first-order valence-electron chi connectivity index (χ1n) is 3.70. The number of halogens is 2. The summed E-state index contributed by atoms with van der Waals surface area (Å²) in [6, 6.07) is 1.16. The summed E-state index contributed by atoms with van der Waals surface area (Å²) in [6.07, 6.45) is 0.574. The summed E-state index contributed by atoms with van der Waals surface area (Å²) in [5.74, 6) is -0.561. The molecule has 0 radical (unpaired) electrons. The second kappa shape index (κ2) is 4.41. The van der Waals surface area contributed by atoms with Crippen molar-refractivity contribution in [1.29, 1.82) is 0 Å². The molecule has 0 saturated heterocycles. The van der Waals surface area contributed by atoms with E-state index >= 15 is 0 Å². The predicted molar refractivity (Wildman–Crippen MR) is 52.6 cm³/mol. The number of carbonyl (C=O) groups is 1. The molecule has 0 amide bonds. The normalized spacial score (nSPS) is 9.71. The van der Waals surface area contributed by atoms with E-state index < -0.39 is 5.82 Å². The topological polar surface area (TPSA) is 35.5 Å². The molecule has 1 aromatic carbocycles. The molecule has 0 fully saturated rings. The van der Waals surface area contributed by atoms with Gasteiger partial charge in [-0.25, -0.2) is 4.39 Å². The molecule has 0 aromatic heterocycles. The number of rotatable bonds is 3. The lowest BCUT2D eigenvalue weighted by atomic mass is 10.2. The Balaban J connectivity index is 3.50. The fourth-order valence-corrected chi connectivity index (χ4v) is 1.57.